The molecule has 3 nitrogen and oxygen atoms in total. The van der Waals surface area contributed by atoms with E-state index < -0.39 is 0 Å². The molecule has 24 heavy (non-hydrogen) atoms. The van der Waals surface area contributed by atoms with Crippen LogP contribution in [0.1, 0.15) is 31.7 Å². The number of likely N-dealkylation sites (tertiary alicyclic amines) is 1. The van der Waals surface area contributed by atoms with Crippen molar-refractivity contribution in [2.75, 3.05) is 26.2 Å². The normalized spacial score (nSPS) is 15.8. The van der Waals surface area contributed by atoms with E-state index in [1.807, 2.05) is 0 Å². The first-order valence-corrected chi connectivity index (χ1v) is 9.22. The minimum atomic E-state index is 0.310. The summed E-state index contributed by atoms with van der Waals surface area (Å²) in [5.74, 6) is 1.04. The van der Waals surface area contributed by atoms with Crippen LogP contribution in [-0.4, -0.2) is 37.0 Å². The van der Waals surface area contributed by atoms with E-state index in [4.69, 9.17) is 0 Å². The van der Waals surface area contributed by atoms with Crippen LogP contribution in [0.2, 0.25) is 0 Å². The Morgan fingerprint density at radius 3 is 2.62 bits per heavy atom. The highest BCUT2D eigenvalue weighted by Crippen LogP contribution is 2.19. The molecule has 1 fully saturated rings. The first-order valence-electron chi connectivity index (χ1n) is 9.22. The maximum atomic E-state index is 12.5. The highest BCUT2D eigenvalue weighted by molar-refractivity contribution is 5.83. The summed E-state index contributed by atoms with van der Waals surface area (Å²) in [7, 11) is 0. The number of nitrogens with zero attached hydrogens (tertiary/aromatic N) is 1. The van der Waals surface area contributed by atoms with E-state index in [1.54, 1.807) is 0 Å². The zero-order chi connectivity index (χ0) is 16.8. The molecule has 0 aromatic heterocycles. The van der Waals surface area contributed by atoms with Crippen molar-refractivity contribution in [2.45, 2.75) is 32.6 Å². The molecule has 1 aliphatic heterocycles. The lowest BCUT2D eigenvalue weighted by molar-refractivity contribution is -0.132. The van der Waals surface area contributed by atoms with Crippen LogP contribution in [-0.2, 0) is 11.2 Å². The number of nitrogens with one attached hydrogen (secondary N) is 1. The summed E-state index contributed by atoms with van der Waals surface area (Å²) in [5, 5.41) is 5.94. The Hall–Kier alpha value is -1.87. The number of aryl methyl sites for hydroxylation is 1. The van der Waals surface area contributed by atoms with Crippen LogP contribution < -0.4 is 5.32 Å². The van der Waals surface area contributed by atoms with Gasteiger partial charge < -0.3 is 10.2 Å². The summed E-state index contributed by atoms with van der Waals surface area (Å²) < 4.78 is 0. The number of benzene rings is 2. The Kier molecular flexibility index (Phi) is 5.86. The number of piperidine rings is 1. The Morgan fingerprint density at radius 1 is 1.12 bits per heavy atom. The summed E-state index contributed by atoms with van der Waals surface area (Å²) in [6.07, 6.45) is 3.72. The molecular weight excluding hydrogens is 296 g/mol. The van der Waals surface area contributed by atoms with Gasteiger partial charge in [0.25, 0.3) is 0 Å². The van der Waals surface area contributed by atoms with Gasteiger partial charge in [-0.3, -0.25) is 4.79 Å². The molecule has 0 atom stereocenters. The molecule has 3 heteroatoms. The smallest absolute Gasteiger partial charge is 0.222 e. The van der Waals surface area contributed by atoms with E-state index in [2.05, 4.69) is 59.6 Å². The van der Waals surface area contributed by atoms with Crippen LogP contribution in [0.5, 0.6) is 0 Å². The molecule has 128 valence electrons. The molecule has 0 radical (unpaired) electrons. The molecule has 0 spiro atoms. The molecule has 1 aliphatic rings. The standard InChI is InChI=1S/C21H28N2O/c1-2-22-16-18-11-13-23(14-12-18)21(24)10-8-17-7-9-19-5-3-4-6-20(19)15-17/h3-7,9,15,18,22H,2,8,10-14,16H2,1H3. The number of hydrogen-bond donors (Lipinski definition) is 1. The average molecular weight is 324 g/mol. The average Bonchev–Trinajstić information content (AvgIpc) is 2.64. The highest BCUT2D eigenvalue weighted by atomic mass is 16.2. The number of carbonyl (C=O) groups is 1. The molecule has 3 rings (SSSR count). The van der Waals surface area contributed by atoms with Crippen LogP contribution in [0, 0.1) is 5.92 Å². The first-order chi connectivity index (χ1) is 11.8. The summed E-state index contributed by atoms with van der Waals surface area (Å²) in [6.45, 7) is 6.12. The van der Waals surface area contributed by atoms with Gasteiger partial charge in [-0.05, 0) is 54.6 Å². The van der Waals surface area contributed by atoms with Crippen LogP contribution in [0.3, 0.4) is 0 Å². The van der Waals surface area contributed by atoms with Crippen LogP contribution in [0.25, 0.3) is 10.8 Å². The molecule has 1 heterocycles. The third-order valence-electron chi connectivity index (χ3n) is 5.09. The summed E-state index contributed by atoms with van der Waals surface area (Å²) >= 11 is 0. The van der Waals surface area contributed by atoms with Gasteiger partial charge in [0.2, 0.25) is 5.91 Å². The summed E-state index contributed by atoms with van der Waals surface area (Å²) in [6, 6.07) is 14.9. The molecule has 2 aromatic rings. The van der Waals surface area contributed by atoms with Gasteiger partial charge in [0, 0.05) is 19.5 Å². The van der Waals surface area contributed by atoms with Gasteiger partial charge in [-0.2, -0.15) is 0 Å². The van der Waals surface area contributed by atoms with Crippen molar-refractivity contribution in [3.05, 3.63) is 48.0 Å². The largest absolute Gasteiger partial charge is 0.343 e. The number of carbonyl (C=O) groups excluding carboxylic acids is 1. The molecule has 0 saturated carbocycles. The number of fused-ring (bicyclic) bond motifs is 1. The fraction of sp³-hybridized carbons (Fsp3) is 0.476. The minimum absolute atomic E-state index is 0.310. The number of rotatable bonds is 6. The van der Waals surface area contributed by atoms with Gasteiger partial charge in [0.15, 0.2) is 0 Å². The second-order valence-electron chi connectivity index (χ2n) is 6.81. The quantitative estimate of drug-likeness (QED) is 0.880. The molecule has 0 unspecified atom stereocenters. The van der Waals surface area contributed by atoms with Gasteiger partial charge in [0.05, 0.1) is 0 Å². The second kappa shape index (κ2) is 8.29. The van der Waals surface area contributed by atoms with Crippen LogP contribution in [0.15, 0.2) is 42.5 Å². The lowest BCUT2D eigenvalue weighted by atomic mass is 9.96. The van der Waals surface area contributed by atoms with Crippen LogP contribution >= 0.6 is 0 Å². The lowest BCUT2D eigenvalue weighted by Gasteiger charge is -2.32. The van der Waals surface area contributed by atoms with E-state index in [0.717, 1.165) is 51.4 Å². The van der Waals surface area contributed by atoms with E-state index >= 15 is 0 Å². The van der Waals surface area contributed by atoms with E-state index in [-0.39, 0.29) is 0 Å². The maximum absolute atomic E-state index is 12.5. The molecular formula is C21H28N2O. The molecule has 0 bridgehead atoms. The topological polar surface area (TPSA) is 32.3 Å². The van der Waals surface area contributed by atoms with Gasteiger partial charge in [-0.25, -0.2) is 0 Å². The monoisotopic (exact) mass is 324 g/mol. The molecule has 1 N–H and O–H groups in total. The first kappa shape index (κ1) is 17.0. The Bertz CT molecular complexity index is 674. The Morgan fingerprint density at radius 2 is 1.88 bits per heavy atom. The zero-order valence-electron chi connectivity index (χ0n) is 14.6. The fourth-order valence-electron chi connectivity index (χ4n) is 3.54. The van der Waals surface area contributed by atoms with Gasteiger partial charge in [-0.1, -0.05) is 49.4 Å². The van der Waals surface area contributed by atoms with E-state index in [1.165, 1.54) is 16.3 Å². The summed E-state index contributed by atoms with van der Waals surface area (Å²) in [4.78, 5) is 14.5. The van der Waals surface area contributed by atoms with Crippen molar-refractivity contribution in [1.82, 2.24) is 10.2 Å². The SMILES string of the molecule is CCNCC1CCN(C(=O)CCc2ccc3ccccc3c2)CC1. The third-order valence-corrected chi connectivity index (χ3v) is 5.09. The maximum Gasteiger partial charge on any atom is 0.222 e. The molecule has 2 aromatic carbocycles. The third kappa shape index (κ3) is 4.35. The van der Waals surface area contributed by atoms with E-state index in [0.29, 0.717) is 12.3 Å². The van der Waals surface area contributed by atoms with Crippen molar-refractivity contribution in [2.24, 2.45) is 5.92 Å². The molecule has 0 aliphatic carbocycles. The highest BCUT2D eigenvalue weighted by Gasteiger charge is 2.22. The zero-order valence-corrected chi connectivity index (χ0v) is 14.6. The molecule has 1 amide bonds. The predicted molar refractivity (Wildman–Crippen MR) is 100 cm³/mol. The van der Waals surface area contributed by atoms with E-state index in [9.17, 15) is 4.79 Å². The Balaban J connectivity index is 1.48. The number of hydrogen-bond acceptors (Lipinski definition) is 2. The number of amides is 1. The van der Waals surface area contributed by atoms with Crippen molar-refractivity contribution >= 4 is 16.7 Å². The van der Waals surface area contributed by atoms with Crippen molar-refractivity contribution in [3.8, 4) is 0 Å². The van der Waals surface area contributed by atoms with Gasteiger partial charge in [-0.15, -0.1) is 0 Å². The Labute approximate surface area is 145 Å². The lowest BCUT2D eigenvalue weighted by Crippen LogP contribution is -2.40. The van der Waals surface area contributed by atoms with Gasteiger partial charge >= 0.3 is 0 Å². The van der Waals surface area contributed by atoms with Crippen molar-refractivity contribution in [1.29, 1.82) is 0 Å². The second-order valence-corrected chi connectivity index (χ2v) is 6.81. The van der Waals surface area contributed by atoms with Crippen molar-refractivity contribution < 1.29 is 4.79 Å². The fourth-order valence-corrected chi connectivity index (χ4v) is 3.54. The summed E-state index contributed by atoms with van der Waals surface area (Å²) in [5.41, 5.74) is 1.25. The van der Waals surface area contributed by atoms with Crippen molar-refractivity contribution in [3.63, 3.8) is 0 Å². The van der Waals surface area contributed by atoms with Gasteiger partial charge in [0.1, 0.15) is 0 Å². The molecule has 1 saturated heterocycles. The minimum Gasteiger partial charge on any atom is -0.343 e. The van der Waals surface area contributed by atoms with Crippen LogP contribution in [0.4, 0.5) is 0 Å². The predicted octanol–water partition coefficient (Wildman–Crippen LogP) is 3.62.